The molecular formula is C20H21ClN2O4. The maximum absolute atomic E-state index is 12.5. The van der Waals surface area contributed by atoms with Gasteiger partial charge in [0.25, 0.3) is 5.91 Å². The third-order valence-electron chi connectivity index (χ3n) is 4.30. The molecule has 3 rings (SSSR count). The van der Waals surface area contributed by atoms with E-state index in [0.29, 0.717) is 40.9 Å². The molecule has 0 unspecified atom stereocenters. The van der Waals surface area contributed by atoms with E-state index in [9.17, 15) is 4.79 Å². The number of fused-ring (bicyclic) bond motifs is 1. The summed E-state index contributed by atoms with van der Waals surface area (Å²) >= 11 is 6.08. The van der Waals surface area contributed by atoms with Crippen LogP contribution in [0.5, 0.6) is 17.2 Å². The molecule has 0 atom stereocenters. The molecule has 0 aliphatic rings. The average Bonchev–Trinajstić information content (AvgIpc) is 3.08. The molecule has 3 aromatic rings. The summed E-state index contributed by atoms with van der Waals surface area (Å²) in [6, 6.07) is 11.0. The van der Waals surface area contributed by atoms with Gasteiger partial charge < -0.3 is 24.1 Å². The van der Waals surface area contributed by atoms with Crippen molar-refractivity contribution in [3.05, 3.63) is 53.2 Å². The minimum Gasteiger partial charge on any atom is -0.493 e. The standard InChI is InChI=1S/C20H21ClN2O4/c1-25-17-10-14(11-18(26-2)19(17)27-3)20(24)22-7-9-23-8-6-13-4-5-15(21)12-16(13)23/h4-6,8,10-12H,7,9H2,1-3H3,(H,22,24). The highest BCUT2D eigenvalue weighted by Crippen LogP contribution is 2.38. The third-order valence-corrected chi connectivity index (χ3v) is 4.54. The number of methoxy groups -OCH3 is 3. The zero-order valence-electron chi connectivity index (χ0n) is 15.4. The van der Waals surface area contributed by atoms with E-state index in [2.05, 4.69) is 9.88 Å². The number of amides is 1. The Morgan fingerprint density at radius 1 is 1.04 bits per heavy atom. The molecule has 0 spiro atoms. The van der Waals surface area contributed by atoms with Crippen molar-refractivity contribution in [3.63, 3.8) is 0 Å². The molecule has 6 nitrogen and oxygen atoms in total. The van der Waals surface area contributed by atoms with Crippen molar-refractivity contribution in [1.82, 2.24) is 9.88 Å². The summed E-state index contributed by atoms with van der Waals surface area (Å²) in [6.07, 6.45) is 1.98. The molecule has 0 aliphatic carbocycles. The van der Waals surface area contributed by atoms with Crippen LogP contribution in [0.1, 0.15) is 10.4 Å². The Kier molecular flexibility index (Phi) is 5.76. The topological polar surface area (TPSA) is 61.7 Å². The van der Waals surface area contributed by atoms with Crippen molar-refractivity contribution in [1.29, 1.82) is 0 Å². The number of hydrogen-bond acceptors (Lipinski definition) is 4. The highest BCUT2D eigenvalue weighted by molar-refractivity contribution is 6.31. The van der Waals surface area contributed by atoms with Crippen LogP contribution in [0, 0.1) is 0 Å². The van der Waals surface area contributed by atoms with E-state index in [0.717, 1.165) is 10.9 Å². The van der Waals surface area contributed by atoms with Gasteiger partial charge in [0.05, 0.1) is 21.3 Å². The Labute approximate surface area is 162 Å². The first-order valence-electron chi connectivity index (χ1n) is 8.40. The Hall–Kier alpha value is -2.86. The predicted molar refractivity (Wildman–Crippen MR) is 105 cm³/mol. The first kappa shape index (κ1) is 18.9. The van der Waals surface area contributed by atoms with Gasteiger partial charge in [0, 0.05) is 35.4 Å². The molecule has 0 radical (unpaired) electrons. The number of rotatable bonds is 7. The number of carbonyl (C=O) groups is 1. The zero-order chi connectivity index (χ0) is 19.4. The lowest BCUT2D eigenvalue weighted by Crippen LogP contribution is -2.27. The largest absolute Gasteiger partial charge is 0.493 e. The molecular weight excluding hydrogens is 368 g/mol. The van der Waals surface area contributed by atoms with E-state index in [1.54, 1.807) is 12.1 Å². The maximum Gasteiger partial charge on any atom is 0.251 e. The highest BCUT2D eigenvalue weighted by Gasteiger charge is 2.16. The van der Waals surface area contributed by atoms with Gasteiger partial charge >= 0.3 is 0 Å². The van der Waals surface area contributed by atoms with Crippen LogP contribution >= 0.6 is 11.6 Å². The van der Waals surface area contributed by atoms with E-state index in [-0.39, 0.29) is 5.91 Å². The van der Waals surface area contributed by atoms with Gasteiger partial charge in [0.2, 0.25) is 5.75 Å². The smallest absolute Gasteiger partial charge is 0.251 e. The van der Waals surface area contributed by atoms with Gasteiger partial charge in [-0.15, -0.1) is 0 Å². The second kappa shape index (κ2) is 8.22. The van der Waals surface area contributed by atoms with Crippen LogP contribution in [-0.4, -0.2) is 38.3 Å². The van der Waals surface area contributed by atoms with Crippen molar-refractivity contribution < 1.29 is 19.0 Å². The molecule has 1 N–H and O–H groups in total. The lowest BCUT2D eigenvalue weighted by molar-refractivity contribution is 0.0951. The Bertz CT molecular complexity index is 943. The average molecular weight is 389 g/mol. The predicted octanol–water partition coefficient (Wildman–Crippen LogP) is 3.75. The van der Waals surface area contributed by atoms with Gasteiger partial charge in [-0.05, 0) is 35.7 Å². The fourth-order valence-corrected chi connectivity index (χ4v) is 3.12. The molecule has 1 amide bonds. The molecule has 0 saturated carbocycles. The van der Waals surface area contributed by atoms with Crippen LogP contribution in [0.25, 0.3) is 10.9 Å². The van der Waals surface area contributed by atoms with Crippen LogP contribution < -0.4 is 19.5 Å². The van der Waals surface area contributed by atoms with Crippen molar-refractivity contribution in [2.75, 3.05) is 27.9 Å². The van der Waals surface area contributed by atoms with Crippen LogP contribution in [0.4, 0.5) is 0 Å². The van der Waals surface area contributed by atoms with Crippen molar-refractivity contribution in [2.45, 2.75) is 6.54 Å². The van der Waals surface area contributed by atoms with Gasteiger partial charge in [-0.2, -0.15) is 0 Å². The first-order valence-corrected chi connectivity index (χ1v) is 8.77. The van der Waals surface area contributed by atoms with Gasteiger partial charge in [-0.25, -0.2) is 0 Å². The van der Waals surface area contributed by atoms with Crippen LogP contribution in [0.3, 0.4) is 0 Å². The summed E-state index contributed by atoms with van der Waals surface area (Å²) < 4.78 is 17.9. The fraction of sp³-hybridized carbons (Fsp3) is 0.250. The highest BCUT2D eigenvalue weighted by atomic mass is 35.5. The molecule has 0 aliphatic heterocycles. The molecule has 142 valence electrons. The fourth-order valence-electron chi connectivity index (χ4n) is 2.96. The van der Waals surface area contributed by atoms with Gasteiger partial charge in [-0.3, -0.25) is 4.79 Å². The number of halogens is 1. The van der Waals surface area contributed by atoms with Gasteiger partial charge in [0.15, 0.2) is 11.5 Å². The van der Waals surface area contributed by atoms with E-state index in [1.165, 1.54) is 21.3 Å². The number of ether oxygens (including phenoxy) is 3. The lowest BCUT2D eigenvalue weighted by atomic mass is 10.1. The first-order chi connectivity index (χ1) is 13.1. The van der Waals surface area contributed by atoms with Crippen molar-refractivity contribution in [2.24, 2.45) is 0 Å². The van der Waals surface area contributed by atoms with E-state index >= 15 is 0 Å². The summed E-state index contributed by atoms with van der Waals surface area (Å²) in [5.41, 5.74) is 1.47. The monoisotopic (exact) mass is 388 g/mol. The number of hydrogen-bond donors (Lipinski definition) is 1. The lowest BCUT2D eigenvalue weighted by Gasteiger charge is -2.14. The Balaban J connectivity index is 1.71. The Morgan fingerprint density at radius 3 is 2.37 bits per heavy atom. The zero-order valence-corrected chi connectivity index (χ0v) is 16.2. The minimum atomic E-state index is -0.219. The molecule has 0 fully saturated rings. The van der Waals surface area contributed by atoms with Gasteiger partial charge in [-0.1, -0.05) is 17.7 Å². The minimum absolute atomic E-state index is 0.219. The SMILES string of the molecule is COc1cc(C(=O)NCCn2ccc3ccc(Cl)cc32)cc(OC)c1OC. The second-order valence-electron chi connectivity index (χ2n) is 5.88. The molecule has 0 saturated heterocycles. The summed E-state index contributed by atoms with van der Waals surface area (Å²) in [4.78, 5) is 12.5. The van der Waals surface area contributed by atoms with E-state index < -0.39 is 0 Å². The maximum atomic E-state index is 12.5. The number of nitrogens with one attached hydrogen (secondary N) is 1. The van der Waals surface area contributed by atoms with E-state index in [1.807, 2.05) is 30.5 Å². The molecule has 1 aromatic heterocycles. The van der Waals surface area contributed by atoms with Crippen LogP contribution in [-0.2, 0) is 6.54 Å². The van der Waals surface area contributed by atoms with Crippen LogP contribution in [0.15, 0.2) is 42.6 Å². The summed E-state index contributed by atoms with van der Waals surface area (Å²) in [5, 5.41) is 4.70. The normalized spacial score (nSPS) is 10.7. The molecule has 27 heavy (non-hydrogen) atoms. The van der Waals surface area contributed by atoms with Crippen LogP contribution in [0.2, 0.25) is 5.02 Å². The number of aromatic nitrogens is 1. The second-order valence-corrected chi connectivity index (χ2v) is 6.32. The summed E-state index contributed by atoms with van der Waals surface area (Å²) in [5.74, 6) is 1.11. The van der Waals surface area contributed by atoms with Gasteiger partial charge in [0.1, 0.15) is 0 Å². The number of benzene rings is 2. The molecule has 1 heterocycles. The quantitative estimate of drug-likeness (QED) is 0.669. The molecule has 2 aromatic carbocycles. The van der Waals surface area contributed by atoms with Crippen molar-refractivity contribution >= 4 is 28.4 Å². The molecule has 0 bridgehead atoms. The third kappa shape index (κ3) is 3.95. The van der Waals surface area contributed by atoms with E-state index in [4.69, 9.17) is 25.8 Å². The number of carbonyl (C=O) groups excluding carboxylic acids is 1. The molecule has 7 heteroatoms. The number of nitrogens with zero attached hydrogens (tertiary/aromatic N) is 1. The summed E-state index contributed by atoms with van der Waals surface area (Å²) in [7, 11) is 4.55. The summed E-state index contributed by atoms with van der Waals surface area (Å²) in [6.45, 7) is 1.09. The Morgan fingerprint density at radius 2 is 1.74 bits per heavy atom. The van der Waals surface area contributed by atoms with Crippen molar-refractivity contribution in [3.8, 4) is 17.2 Å².